The average Bonchev–Trinajstić information content (AvgIpc) is 3.03. The highest BCUT2D eigenvalue weighted by Gasteiger charge is 2.53. The molecule has 0 N–H and O–H groups in total. The van der Waals surface area contributed by atoms with E-state index in [-0.39, 0.29) is 5.91 Å². The summed E-state index contributed by atoms with van der Waals surface area (Å²) in [6.07, 6.45) is 0.667. The molecule has 1 fully saturated rings. The first-order valence-corrected chi connectivity index (χ1v) is 6.79. The van der Waals surface area contributed by atoms with Crippen molar-refractivity contribution >= 4 is 17.6 Å². The Morgan fingerprint density at radius 3 is 2.50 bits per heavy atom. The second-order valence-electron chi connectivity index (χ2n) is 4.90. The number of benzene rings is 1. The lowest BCUT2D eigenvalue weighted by Gasteiger charge is -2.44. The van der Waals surface area contributed by atoms with E-state index >= 15 is 0 Å². The van der Waals surface area contributed by atoms with Crippen LogP contribution in [0.5, 0.6) is 5.75 Å². The van der Waals surface area contributed by atoms with Gasteiger partial charge in [-0.05, 0) is 36.4 Å². The van der Waals surface area contributed by atoms with Crippen LogP contribution < -0.4 is 9.64 Å². The number of nitrogens with zero attached hydrogens (tertiary/aromatic N) is 1. The smallest absolute Gasteiger partial charge is 0.303 e. The van der Waals surface area contributed by atoms with Gasteiger partial charge in [0.25, 0.3) is 5.91 Å². The number of methoxy groups -OCH3 is 1. The van der Waals surface area contributed by atoms with Crippen molar-refractivity contribution in [3.05, 3.63) is 48.4 Å². The molecule has 0 radical (unpaired) electrons. The zero-order chi connectivity index (χ0) is 15.7. The SMILES string of the molecule is COc1ccc(N2C(=O)[C@H](OC(C)=O)[C@@H]2c2ccco2)cc1. The fraction of sp³-hybridized carbons (Fsp3) is 0.250. The van der Waals surface area contributed by atoms with Gasteiger partial charge in [0.2, 0.25) is 6.10 Å². The lowest BCUT2D eigenvalue weighted by atomic mass is 9.94. The number of ether oxygens (including phenoxy) is 2. The molecule has 1 aromatic heterocycles. The van der Waals surface area contributed by atoms with Crippen LogP contribution in [0, 0.1) is 0 Å². The summed E-state index contributed by atoms with van der Waals surface area (Å²) in [4.78, 5) is 25.1. The number of esters is 1. The molecule has 6 heteroatoms. The molecule has 1 aliphatic rings. The van der Waals surface area contributed by atoms with Crippen LogP contribution in [0.2, 0.25) is 0 Å². The number of carbonyl (C=O) groups excluding carboxylic acids is 2. The highest BCUT2D eigenvalue weighted by molar-refractivity contribution is 6.05. The molecule has 114 valence electrons. The van der Waals surface area contributed by atoms with Crippen molar-refractivity contribution in [2.75, 3.05) is 12.0 Å². The second-order valence-corrected chi connectivity index (χ2v) is 4.90. The second kappa shape index (κ2) is 5.55. The van der Waals surface area contributed by atoms with Crippen molar-refractivity contribution in [3.63, 3.8) is 0 Å². The predicted molar refractivity (Wildman–Crippen MR) is 77.5 cm³/mol. The lowest BCUT2D eigenvalue weighted by Crippen LogP contribution is -2.60. The third-order valence-electron chi connectivity index (χ3n) is 3.52. The van der Waals surface area contributed by atoms with Gasteiger partial charge in [-0.1, -0.05) is 0 Å². The highest BCUT2D eigenvalue weighted by atomic mass is 16.6. The topological polar surface area (TPSA) is 69.0 Å². The van der Waals surface area contributed by atoms with Crippen LogP contribution in [-0.2, 0) is 14.3 Å². The third kappa shape index (κ3) is 2.32. The molecule has 1 aromatic carbocycles. The molecule has 0 saturated carbocycles. The molecule has 3 rings (SSSR count). The summed E-state index contributed by atoms with van der Waals surface area (Å²) in [6.45, 7) is 1.28. The first-order valence-electron chi connectivity index (χ1n) is 6.79. The molecule has 2 heterocycles. The summed E-state index contributed by atoms with van der Waals surface area (Å²) < 4.78 is 15.6. The highest BCUT2D eigenvalue weighted by Crippen LogP contribution is 2.41. The summed E-state index contributed by atoms with van der Waals surface area (Å²) in [6, 6.07) is 10.1. The Morgan fingerprint density at radius 2 is 1.95 bits per heavy atom. The molecule has 1 saturated heterocycles. The van der Waals surface area contributed by atoms with E-state index in [1.165, 1.54) is 13.2 Å². The molecule has 22 heavy (non-hydrogen) atoms. The molecular formula is C16H15NO5. The van der Waals surface area contributed by atoms with Crippen molar-refractivity contribution in [2.24, 2.45) is 0 Å². The standard InChI is InChI=1S/C16H15NO5/c1-10(18)22-15-14(13-4-3-9-21-13)17(16(15)19)11-5-7-12(20-2)8-6-11/h3-9,14-15H,1-2H3/t14-,15+/m0/s1. The van der Waals surface area contributed by atoms with Crippen LogP contribution in [0.4, 0.5) is 5.69 Å². The number of furan rings is 1. The number of rotatable bonds is 4. The minimum atomic E-state index is -0.856. The van der Waals surface area contributed by atoms with Gasteiger partial charge < -0.3 is 13.9 Å². The van der Waals surface area contributed by atoms with E-state index in [0.717, 1.165) is 0 Å². The van der Waals surface area contributed by atoms with Crippen molar-refractivity contribution in [1.29, 1.82) is 0 Å². The quantitative estimate of drug-likeness (QED) is 0.640. The summed E-state index contributed by atoms with van der Waals surface area (Å²) in [5.41, 5.74) is 0.690. The Bertz CT molecular complexity index is 677. The van der Waals surface area contributed by atoms with Crippen molar-refractivity contribution < 1.29 is 23.5 Å². The predicted octanol–water partition coefficient (Wildman–Crippen LogP) is 2.31. The van der Waals surface area contributed by atoms with E-state index in [9.17, 15) is 9.59 Å². The molecule has 0 aliphatic carbocycles. The van der Waals surface area contributed by atoms with Crippen LogP contribution in [0.1, 0.15) is 18.7 Å². The summed E-state index contributed by atoms with van der Waals surface area (Å²) in [5.74, 6) is 0.496. The number of hydrogen-bond donors (Lipinski definition) is 0. The van der Waals surface area contributed by atoms with Crippen molar-refractivity contribution in [3.8, 4) is 5.75 Å². The van der Waals surface area contributed by atoms with Crippen LogP contribution in [-0.4, -0.2) is 25.1 Å². The van der Waals surface area contributed by atoms with E-state index in [1.807, 2.05) is 0 Å². The molecule has 0 bridgehead atoms. The number of hydrogen-bond acceptors (Lipinski definition) is 5. The van der Waals surface area contributed by atoms with E-state index in [4.69, 9.17) is 13.9 Å². The normalized spacial score (nSPS) is 20.5. The van der Waals surface area contributed by atoms with Crippen molar-refractivity contribution in [1.82, 2.24) is 0 Å². The molecule has 2 atom stereocenters. The van der Waals surface area contributed by atoms with E-state index in [2.05, 4.69) is 0 Å². The largest absolute Gasteiger partial charge is 0.497 e. The Labute approximate surface area is 127 Å². The average molecular weight is 301 g/mol. The van der Waals surface area contributed by atoms with Gasteiger partial charge in [-0.25, -0.2) is 0 Å². The van der Waals surface area contributed by atoms with Crippen LogP contribution >= 0.6 is 0 Å². The summed E-state index contributed by atoms with van der Waals surface area (Å²) >= 11 is 0. The lowest BCUT2D eigenvalue weighted by molar-refractivity contribution is -0.161. The van der Waals surface area contributed by atoms with Gasteiger partial charge in [-0.3, -0.25) is 14.5 Å². The van der Waals surface area contributed by atoms with Gasteiger partial charge in [0.15, 0.2) is 0 Å². The number of carbonyl (C=O) groups is 2. The molecule has 1 aliphatic heterocycles. The van der Waals surface area contributed by atoms with Gasteiger partial charge >= 0.3 is 5.97 Å². The Kier molecular flexibility index (Phi) is 3.58. The van der Waals surface area contributed by atoms with Crippen LogP contribution in [0.25, 0.3) is 0 Å². The van der Waals surface area contributed by atoms with Crippen molar-refractivity contribution in [2.45, 2.75) is 19.1 Å². The number of β-lactam (4-membered cyclic amide) rings is 1. The molecule has 6 nitrogen and oxygen atoms in total. The molecule has 1 amide bonds. The van der Waals surface area contributed by atoms with E-state index < -0.39 is 18.1 Å². The maximum Gasteiger partial charge on any atom is 0.303 e. The fourth-order valence-electron chi connectivity index (χ4n) is 2.52. The van der Waals surface area contributed by atoms with Gasteiger partial charge in [0, 0.05) is 12.6 Å². The van der Waals surface area contributed by atoms with Gasteiger partial charge in [-0.15, -0.1) is 0 Å². The molecule has 0 unspecified atom stereocenters. The third-order valence-corrected chi connectivity index (χ3v) is 3.52. The van der Waals surface area contributed by atoms with Gasteiger partial charge in [0.1, 0.15) is 17.6 Å². The molecule has 2 aromatic rings. The maximum absolute atomic E-state index is 12.3. The van der Waals surface area contributed by atoms with Gasteiger partial charge in [-0.2, -0.15) is 0 Å². The first kappa shape index (κ1) is 14.2. The Morgan fingerprint density at radius 1 is 1.23 bits per heavy atom. The monoisotopic (exact) mass is 301 g/mol. The van der Waals surface area contributed by atoms with E-state index in [0.29, 0.717) is 17.2 Å². The first-order chi connectivity index (χ1) is 10.6. The number of amides is 1. The Hall–Kier alpha value is -2.76. The minimum Gasteiger partial charge on any atom is -0.497 e. The summed E-state index contributed by atoms with van der Waals surface area (Å²) in [7, 11) is 1.58. The van der Waals surface area contributed by atoms with Gasteiger partial charge in [0.05, 0.1) is 13.4 Å². The minimum absolute atomic E-state index is 0.276. The maximum atomic E-state index is 12.3. The zero-order valence-corrected chi connectivity index (χ0v) is 12.2. The van der Waals surface area contributed by atoms with Crippen LogP contribution in [0.3, 0.4) is 0 Å². The molecule has 0 spiro atoms. The number of anilines is 1. The zero-order valence-electron chi connectivity index (χ0n) is 12.2. The fourth-order valence-corrected chi connectivity index (χ4v) is 2.52. The molecular weight excluding hydrogens is 286 g/mol. The van der Waals surface area contributed by atoms with Crippen LogP contribution in [0.15, 0.2) is 47.1 Å². The van der Waals surface area contributed by atoms with E-state index in [1.54, 1.807) is 48.4 Å². The summed E-state index contributed by atoms with van der Waals surface area (Å²) in [5, 5.41) is 0. The Balaban J connectivity index is 1.91.